The van der Waals surface area contributed by atoms with Crippen molar-refractivity contribution in [2.24, 2.45) is 0 Å². The van der Waals surface area contributed by atoms with Crippen LogP contribution in [0.1, 0.15) is 10.4 Å². The maximum atomic E-state index is 11.9. The van der Waals surface area contributed by atoms with Crippen LogP contribution in [0.15, 0.2) is 36.5 Å². The Morgan fingerprint density at radius 3 is 2.60 bits per heavy atom. The summed E-state index contributed by atoms with van der Waals surface area (Å²) in [5, 5.41) is 13.3. The lowest BCUT2D eigenvalue weighted by Crippen LogP contribution is -2.12. The molecule has 20 heavy (non-hydrogen) atoms. The summed E-state index contributed by atoms with van der Waals surface area (Å²) < 4.78 is 0. The Kier molecular flexibility index (Phi) is 3.47. The number of carbonyl (C=O) groups excluding carboxylic acids is 1. The van der Waals surface area contributed by atoms with Crippen molar-refractivity contribution < 1.29 is 9.72 Å². The van der Waals surface area contributed by atoms with Gasteiger partial charge in [0.05, 0.1) is 10.5 Å². The normalized spacial score (nSPS) is 10.0. The number of nitrogen functional groups attached to an aromatic ring is 2. The van der Waals surface area contributed by atoms with Crippen molar-refractivity contribution in [3.05, 3.63) is 52.2 Å². The van der Waals surface area contributed by atoms with Gasteiger partial charge in [0.2, 0.25) is 0 Å². The third-order valence-electron chi connectivity index (χ3n) is 2.53. The van der Waals surface area contributed by atoms with Crippen LogP contribution >= 0.6 is 0 Å². The van der Waals surface area contributed by atoms with Crippen LogP contribution < -0.4 is 16.8 Å². The number of nitrogens with zero attached hydrogens (tertiary/aromatic N) is 2. The lowest BCUT2D eigenvalue weighted by Gasteiger charge is -2.06. The molecule has 5 N–H and O–H groups in total. The quantitative estimate of drug-likeness (QED) is 0.439. The monoisotopic (exact) mass is 273 g/mol. The van der Waals surface area contributed by atoms with E-state index in [4.69, 9.17) is 11.5 Å². The lowest BCUT2D eigenvalue weighted by atomic mass is 10.2. The smallest absolute Gasteiger partial charge is 0.294 e. The molecule has 0 bridgehead atoms. The van der Waals surface area contributed by atoms with E-state index in [0.29, 0.717) is 11.4 Å². The summed E-state index contributed by atoms with van der Waals surface area (Å²) in [5.41, 5.74) is 11.2. The SMILES string of the molecule is Nc1ccc(C(=O)Nc2ccc(N)c([N+](=O)[O-])c2)cn1. The molecule has 1 heterocycles. The minimum Gasteiger partial charge on any atom is -0.393 e. The molecule has 0 saturated carbocycles. The molecule has 0 atom stereocenters. The predicted octanol–water partition coefficient (Wildman–Crippen LogP) is 1.41. The van der Waals surface area contributed by atoms with Crippen molar-refractivity contribution in [3.8, 4) is 0 Å². The van der Waals surface area contributed by atoms with E-state index in [9.17, 15) is 14.9 Å². The van der Waals surface area contributed by atoms with Crippen molar-refractivity contribution in [1.29, 1.82) is 0 Å². The number of amides is 1. The molecule has 0 aliphatic rings. The Balaban J connectivity index is 2.21. The Labute approximate surface area is 113 Å². The zero-order valence-electron chi connectivity index (χ0n) is 10.2. The predicted molar refractivity (Wildman–Crippen MR) is 74.1 cm³/mol. The minimum atomic E-state index is -0.615. The molecule has 1 aromatic carbocycles. The number of benzene rings is 1. The molecule has 8 heteroatoms. The van der Waals surface area contributed by atoms with Gasteiger partial charge in [0.15, 0.2) is 0 Å². The van der Waals surface area contributed by atoms with Gasteiger partial charge < -0.3 is 16.8 Å². The second-order valence-corrected chi connectivity index (χ2v) is 3.96. The number of nitrogens with one attached hydrogen (secondary N) is 1. The van der Waals surface area contributed by atoms with Crippen LogP contribution in [0.2, 0.25) is 0 Å². The Morgan fingerprint density at radius 1 is 1.25 bits per heavy atom. The second kappa shape index (κ2) is 5.22. The highest BCUT2D eigenvalue weighted by Crippen LogP contribution is 2.25. The number of hydrogen-bond donors (Lipinski definition) is 3. The molecule has 0 fully saturated rings. The number of carbonyl (C=O) groups is 1. The molecular weight excluding hydrogens is 262 g/mol. The maximum Gasteiger partial charge on any atom is 0.294 e. The van der Waals surface area contributed by atoms with Crippen molar-refractivity contribution in [1.82, 2.24) is 4.98 Å². The zero-order valence-corrected chi connectivity index (χ0v) is 10.2. The van der Waals surface area contributed by atoms with Gasteiger partial charge in [0, 0.05) is 18.0 Å². The van der Waals surface area contributed by atoms with Gasteiger partial charge in [-0.1, -0.05) is 0 Å². The first-order valence-electron chi connectivity index (χ1n) is 5.54. The number of anilines is 3. The fourth-order valence-electron chi connectivity index (χ4n) is 1.52. The van der Waals surface area contributed by atoms with E-state index in [-0.39, 0.29) is 17.1 Å². The summed E-state index contributed by atoms with van der Waals surface area (Å²) in [7, 11) is 0. The molecule has 2 aromatic rings. The van der Waals surface area contributed by atoms with E-state index in [0.717, 1.165) is 0 Å². The molecule has 0 unspecified atom stereocenters. The minimum absolute atomic E-state index is 0.0298. The van der Waals surface area contributed by atoms with Crippen LogP contribution in [0.4, 0.5) is 22.9 Å². The first kappa shape index (κ1) is 13.3. The number of hydrogen-bond acceptors (Lipinski definition) is 6. The molecule has 0 saturated heterocycles. The highest BCUT2D eigenvalue weighted by Gasteiger charge is 2.13. The summed E-state index contributed by atoms with van der Waals surface area (Å²) >= 11 is 0. The molecule has 0 spiro atoms. The van der Waals surface area contributed by atoms with Gasteiger partial charge in [-0.15, -0.1) is 0 Å². The van der Waals surface area contributed by atoms with E-state index < -0.39 is 10.8 Å². The van der Waals surface area contributed by atoms with Gasteiger partial charge in [0.25, 0.3) is 11.6 Å². The van der Waals surface area contributed by atoms with Gasteiger partial charge in [-0.25, -0.2) is 4.98 Å². The maximum absolute atomic E-state index is 11.9. The first-order chi connectivity index (χ1) is 9.47. The molecule has 0 radical (unpaired) electrons. The van der Waals surface area contributed by atoms with Crippen molar-refractivity contribution in [3.63, 3.8) is 0 Å². The van der Waals surface area contributed by atoms with Crippen molar-refractivity contribution in [2.75, 3.05) is 16.8 Å². The van der Waals surface area contributed by atoms with Gasteiger partial charge in [-0.3, -0.25) is 14.9 Å². The Morgan fingerprint density at radius 2 is 2.00 bits per heavy atom. The Bertz CT molecular complexity index is 669. The van der Waals surface area contributed by atoms with Crippen LogP contribution in [0.25, 0.3) is 0 Å². The number of nitro groups is 1. The number of rotatable bonds is 3. The molecule has 8 nitrogen and oxygen atoms in total. The van der Waals surface area contributed by atoms with Crippen LogP contribution in [0.3, 0.4) is 0 Å². The number of pyridine rings is 1. The fourth-order valence-corrected chi connectivity index (χ4v) is 1.52. The summed E-state index contributed by atoms with van der Waals surface area (Å²) in [6, 6.07) is 7.02. The molecule has 1 amide bonds. The molecule has 1 aromatic heterocycles. The highest BCUT2D eigenvalue weighted by atomic mass is 16.6. The van der Waals surface area contributed by atoms with Gasteiger partial charge >= 0.3 is 0 Å². The first-order valence-corrected chi connectivity index (χ1v) is 5.54. The summed E-state index contributed by atoms with van der Waals surface area (Å²) in [4.78, 5) is 25.8. The van der Waals surface area contributed by atoms with Gasteiger partial charge in [-0.05, 0) is 24.3 Å². The third kappa shape index (κ3) is 2.80. The molecule has 2 rings (SSSR count). The number of aromatic nitrogens is 1. The molecule has 0 aliphatic heterocycles. The molecule has 102 valence electrons. The highest BCUT2D eigenvalue weighted by molar-refractivity contribution is 6.04. The summed E-state index contributed by atoms with van der Waals surface area (Å²) in [6.45, 7) is 0. The van der Waals surface area contributed by atoms with Gasteiger partial charge in [0.1, 0.15) is 11.5 Å². The van der Waals surface area contributed by atoms with E-state index in [1.165, 1.54) is 36.5 Å². The third-order valence-corrected chi connectivity index (χ3v) is 2.53. The average molecular weight is 273 g/mol. The van der Waals surface area contributed by atoms with Gasteiger partial charge in [-0.2, -0.15) is 0 Å². The standard InChI is InChI=1S/C12H11N5O3/c13-9-3-2-8(5-10(9)17(19)20)16-12(18)7-1-4-11(14)15-6-7/h1-6H,13H2,(H2,14,15)(H,16,18). The fraction of sp³-hybridized carbons (Fsp3) is 0. The van der Waals surface area contributed by atoms with E-state index in [1.807, 2.05) is 0 Å². The number of nitro benzene ring substituents is 1. The van der Waals surface area contributed by atoms with Crippen molar-refractivity contribution in [2.45, 2.75) is 0 Å². The molecular formula is C12H11N5O3. The Hall–Kier alpha value is -3.16. The topological polar surface area (TPSA) is 137 Å². The van der Waals surface area contributed by atoms with E-state index in [1.54, 1.807) is 0 Å². The molecule has 0 aliphatic carbocycles. The van der Waals surface area contributed by atoms with Crippen LogP contribution in [-0.4, -0.2) is 15.8 Å². The second-order valence-electron chi connectivity index (χ2n) is 3.96. The van der Waals surface area contributed by atoms with Crippen molar-refractivity contribution >= 4 is 28.8 Å². The van der Waals surface area contributed by atoms with Crippen LogP contribution in [0, 0.1) is 10.1 Å². The van der Waals surface area contributed by atoms with E-state index in [2.05, 4.69) is 10.3 Å². The van der Waals surface area contributed by atoms with Crippen LogP contribution in [-0.2, 0) is 0 Å². The number of nitrogens with two attached hydrogens (primary N) is 2. The van der Waals surface area contributed by atoms with E-state index >= 15 is 0 Å². The summed E-state index contributed by atoms with van der Waals surface area (Å²) in [5.74, 6) is -0.152. The average Bonchev–Trinajstić information content (AvgIpc) is 2.41. The lowest BCUT2D eigenvalue weighted by molar-refractivity contribution is -0.383. The zero-order chi connectivity index (χ0) is 14.7. The van der Waals surface area contributed by atoms with Crippen LogP contribution in [0.5, 0.6) is 0 Å². The largest absolute Gasteiger partial charge is 0.393 e. The summed E-state index contributed by atoms with van der Waals surface area (Å²) in [6.07, 6.45) is 1.32.